The summed E-state index contributed by atoms with van der Waals surface area (Å²) >= 11 is 0. The first kappa shape index (κ1) is 13.3. The molecule has 0 aromatic carbocycles. The van der Waals surface area contributed by atoms with Crippen LogP contribution >= 0.6 is 24.8 Å². The number of hydrogen-bond acceptors (Lipinski definition) is 2. The second-order valence-corrected chi connectivity index (χ2v) is 2.07. The van der Waals surface area contributed by atoms with Gasteiger partial charge < -0.3 is 5.73 Å². The lowest BCUT2D eigenvalue weighted by molar-refractivity contribution is 0.501. The van der Waals surface area contributed by atoms with E-state index in [4.69, 9.17) is 5.73 Å². The third-order valence-electron chi connectivity index (χ3n) is 1.32. The molecule has 0 radical (unpaired) electrons. The molecule has 1 heterocycles. The van der Waals surface area contributed by atoms with Crippen molar-refractivity contribution in [1.29, 1.82) is 0 Å². The summed E-state index contributed by atoms with van der Waals surface area (Å²) in [4.78, 5) is 0. The van der Waals surface area contributed by atoms with Crippen LogP contribution in [0.4, 0.5) is 0 Å². The molecule has 1 aromatic heterocycles. The Bertz CT molecular complexity index is 164. The van der Waals surface area contributed by atoms with Crippen molar-refractivity contribution in [3.8, 4) is 0 Å². The highest BCUT2D eigenvalue weighted by molar-refractivity contribution is 5.85. The smallest absolute Gasteiger partial charge is 0.0613 e. The number of aromatic nitrogens is 2. The molecule has 1 unspecified atom stereocenters. The second kappa shape index (κ2) is 6.46. The zero-order chi connectivity index (χ0) is 6.69. The third kappa shape index (κ3) is 3.60. The normalized spacial score (nSPS) is 11.1. The van der Waals surface area contributed by atoms with Crippen molar-refractivity contribution < 1.29 is 0 Å². The van der Waals surface area contributed by atoms with Crippen LogP contribution in [0, 0.1) is 0 Å². The van der Waals surface area contributed by atoms with Gasteiger partial charge in [-0.3, -0.25) is 4.68 Å². The Labute approximate surface area is 78.8 Å². The molecule has 0 fully saturated rings. The fraction of sp³-hybridized carbons (Fsp3) is 0.500. The van der Waals surface area contributed by atoms with E-state index in [1.165, 1.54) is 0 Å². The number of nitrogens with two attached hydrogens (primary N) is 1. The van der Waals surface area contributed by atoms with Gasteiger partial charge in [0.2, 0.25) is 0 Å². The quantitative estimate of drug-likeness (QED) is 0.776. The van der Waals surface area contributed by atoms with Gasteiger partial charge in [-0.15, -0.1) is 24.8 Å². The number of hydrogen-bond donors (Lipinski definition) is 1. The highest BCUT2D eigenvalue weighted by Gasteiger charge is 1.97. The van der Waals surface area contributed by atoms with E-state index in [0.29, 0.717) is 12.6 Å². The highest BCUT2D eigenvalue weighted by atomic mass is 35.5. The zero-order valence-electron chi connectivity index (χ0n) is 6.30. The maximum absolute atomic E-state index is 5.40. The van der Waals surface area contributed by atoms with E-state index >= 15 is 0 Å². The van der Waals surface area contributed by atoms with Gasteiger partial charge in [-0.1, -0.05) is 0 Å². The lowest BCUT2D eigenvalue weighted by Crippen LogP contribution is -2.15. The molecule has 0 bridgehead atoms. The molecule has 11 heavy (non-hydrogen) atoms. The molecule has 0 spiro atoms. The molecule has 1 rings (SSSR count). The molecule has 0 aliphatic rings. The second-order valence-electron chi connectivity index (χ2n) is 2.07. The van der Waals surface area contributed by atoms with E-state index in [1.807, 2.05) is 23.9 Å². The van der Waals surface area contributed by atoms with E-state index in [-0.39, 0.29) is 24.8 Å². The Morgan fingerprint density at radius 3 is 2.55 bits per heavy atom. The van der Waals surface area contributed by atoms with Crippen LogP contribution in [0.2, 0.25) is 0 Å². The summed E-state index contributed by atoms with van der Waals surface area (Å²) in [5.74, 6) is 0. The predicted molar refractivity (Wildman–Crippen MR) is 50.5 cm³/mol. The van der Waals surface area contributed by atoms with Crippen molar-refractivity contribution in [2.24, 2.45) is 5.73 Å². The van der Waals surface area contributed by atoms with Crippen LogP contribution < -0.4 is 5.73 Å². The average Bonchev–Trinajstić information content (AvgIpc) is 2.37. The van der Waals surface area contributed by atoms with Gasteiger partial charge in [0.15, 0.2) is 0 Å². The van der Waals surface area contributed by atoms with E-state index in [2.05, 4.69) is 5.10 Å². The van der Waals surface area contributed by atoms with Crippen LogP contribution in [0.1, 0.15) is 13.0 Å². The molecular formula is C6H13Cl2N3. The fourth-order valence-corrected chi connectivity index (χ4v) is 0.649. The summed E-state index contributed by atoms with van der Waals surface area (Å²) in [5.41, 5.74) is 5.40. The van der Waals surface area contributed by atoms with E-state index in [9.17, 15) is 0 Å². The zero-order valence-corrected chi connectivity index (χ0v) is 7.94. The average molecular weight is 198 g/mol. The number of rotatable bonds is 2. The molecule has 5 heteroatoms. The van der Waals surface area contributed by atoms with Gasteiger partial charge in [-0.05, 0) is 13.0 Å². The Hall–Kier alpha value is -0.250. The van der Waals surface area contributed by atoms with Crippen LogP contribution in [-0.2, 0) is 0 Å². The molecule has 0 saturated carbocycles. The molecule has 0 saturated heterocycles. The maximum atomic E-state index is 5.40. The first-order valence-electron chi connectivity index (χ1n) is 3.04. The summed E-state index contributed by atoms with van der Waals surface area (Å²) in [6.45, 7) is 2.68. The molecule has 1 atom stereocenters. The van der Waals surface area contributed by atoms with Gasteiger partial charge in [0, 0.05) is 18.9 Å². The summed E-state index contributed by atoms with van der Waals surface area (Å²) in [6, 6.07) is 2.21. The first-order chi connectivity index (χ1) is 4.34. The molecule has 0 aliphatic heterocycles. The van der Waals surface area contributed by atoms with Crippen molar-refractivity contribution in [2.45, 2.75) is 13.0 Å². The Morgan fingerprint density at radius 2 is 2.18 bits per heavy atom. The van der Waals surface area contributed by atoms with Gasteiger partial charge in [0.05, 0.1) is 6.04 Å². The van der Waals surface area contributed by atoms with Gasteiger partial charge in [-0.2, -0.15) is 5.10 Å². The first-order valence-corrected chi connectivity index (χ1v) is 3.04. The standard InChI is InChI=1S/C6H11N3.2ClH/c1-6(5-7)9-4-2-3-8-9;;/h2-4,6H,5,7H2,1H3;2*1H. The van der Waals surface area contributed by atoms with Gasteiger partial charge >= 0.3 is 0 Å². The molecule has 1 aromatic rings. The molecule has 2 N–H and O–H groups in total. The summed E-state index contributed by atoms with van der Waals surface area (Å²) in [5, 5.41) is 4.02. The van der Waals surface area contributed by atoms with Crippen LogP contribution in [0.15, 0.2) is 18.5 Å². The van der Waals surface area contributed by atoms with Crippen molar-refractivity contribution >= 4 is 24.8 Å². The SMILES string of the molecule is CC(CN)n1cccn1.Cl.Cl. The minimum atomic E-state index is 0. The Kier molecular flexibility index (Phi) is 7.84. The predicted octanol–water partition coefficient (Wildman–Crippen LogP) is 1.25. The van der Waals surface area contributed by atoms with Crippen LogP contribution in [0.3, 0.4) is 0 Å². The molecule has 0 aliphatic carbocycles. The van der Waals surface area contributed by atoms with Crippen LogP contribution in [-0.4, -0.2) is 16.3 Å². The van der Waals surface area contributed by atoms with Crippen LogP contribution in [0.25, 0.3) is 0 Å². The lowest BCUT2D eigenvalue weighted by atomic mass is 10.3. The van der Waals surface area contributed by atoms with Crippen molar-refractivity contribution in [1.82, 2.24) is 9.78 Å². The Balaban J connectivity index is 0. The fourth-order valence-electron chi connectivity index (χ4n) is 0.649. The Morgan fingerprint density at radius 1 is 1.55 bits per heavy atom. The minimum Gasteiger partial charge on any atom is -0.328 e. The highest BCUT2D eigenvalue weighted by Crippen LogP contribution is 1.98. The van der Waals surface area contributed by atoms with Crippen molar-refractivity contribution in [3.05, 3.63) is 18.5 Å². The summed E-state index contributed by atoms with van der Waals surface area (Å²) in [6.07, 6.45) is 3.67. The van der Waals surface area contributed by atoms with Crippen LogP contribution in [0.5, 0.6) is 0 Å². The molecule has 3 nitrogen and oxygen atoms in total. The topological polar surface area (TPSA) is 43.8 Å². The van der Waals surface area contributed by atoms with E-state index in [1.54, 1.807) is 6.20 Å². The van der Waals surface area contributed by atoms with E-state index in [0.717, 1.165) is 0 Å². The maximum Gasteiger partial charge on any atom is 0.0613 e. The number of halogens is 2. The van der Waals surface area contributed by atoms with E-state index < -0.39 is 0 Å². The van der Waals surface area contributed by atoms with Gasteiger partial charge in [0.25, 0.3) is 0 Å². The van der Waals surface area contributed by atoms with Crippen molar-refractivity contribution in [3.63, 3.8) is 0 Å². The molecular weight excluding hydrogens is 185 g/mol. The lowest BCUT2D eigenvalue weighted by Gasteiger charge is -2.06. The third-order valence-corrected chi connectivity index (χ3v) is 1.32. The van der Waals surface area contributed by atoms with Gasteiger partial charge in [0.1, 0.15) is 0 Å². The molecule has 66 valence electrons. The summed E-state index contributed by atoms with van der Waals surface area (Å²) < 4.78 is 1.85. The summed E-state index contributed by atoms with van der Waals surface area (Å²) in [7, 11) is 0. The van der Waals surface area contributed by atoms with Gasteiger partial charge in [-0.25, -0.2) is 0 Å². The largest absolute Gasteiger partial charge is 0.328 e. The number of nitrogens with zero attached hydrogens (tertiary/aromatic N) is 2. The molecule has 0 amide bonds. The van der Waals surface area contributed by atoms with Crippen molar-refractivity contribution in [2.75, 3.05) is 6.54 Å². The monoisotopic (exact) mass is 197 g/mol. The minimum absolute atomic E-state index is 0.